The van der Waals surface area contributed by atoms with Crippen molar-refractivity contribution < 1.29 is 4.74 Å². The monoisotopic (exact) mass is 498 g/mol. The minimum absolute atomic E-state index is 0. The molecule has 1 aromatic heterocycles. The van der Waals surface area contributed by atoms with Gasteiger partial charge in [0.1, 0.15) is 18.2 Å². The molecule has 0 saturated heterocycles. The summed E-state index contributed by atoms with van der Waals surface area (Å²) in [6.45, 7) is 10.2. The number of benzene rings is 1. The van der Waals surface area contributed by atoms with Gasteiger partial charge in [-0.15, -0.1) is 34.2 Å². The average molecular weight is 498 g/mol. The van der Waals surface area contributed by atoms with Crippen LogP contribution in [0, 0.1) is 6.92 Å². The van der Waals surface area contributed by atoms with Crippen LogP contribution >= 0.6 is 24.0 Å². The van der Waals surface area contributed by atoms with E-state index in [1.807, 2.05) is 42.8 Å². The molecule has 0 fully saturated rings. The third-order valence-electron chi connectivity index (χ3n) is 4.16. The average Bonchev–Trinajstić information content (AvgIpc) is 3.00. The predicted octanol–water partition coefficient (Wildman–Crippen LogP) is 3.34. The molecule has 1 heterocycles. The number of nitrogens with zero attached hydrogens (tertiary/aromatic N) is 4. The van der Waals surface area contributed by atoms with E-state index < -0.39 is 0 Å². The van der Waals surface area contributed by atoms with E-state index in [-0.39, 0.29) is 24.0 Å². The molecule has 0 unspecified atom stereocenters. The molecule has 0 amide bonds. The Morgan fingerprint density at radius 3 is 2.75 bits per heavy atom. The summed E-state index contributed by atoms with van der Waals surface area (Å²) in [5.74, 6) is 3.34. The van der Waals surface area contributed by atoms with Gasteiger partial charge in [0.05, 0.1) is 13.1 Å². The van der Waals surface area contributed by atoms with E-state index in [4.69, 9.17) is 9.73 Å². The number of hydrogen-bond donors (Lipinski definition) is 2. The van der Waals surface area contributed by atoms with Crippen molar-refractivity contribution in [3.05, 3.63) is 54.1 Å². The van der Waals surface area contributed by atoms with E-state index in [2.05, 4.69) is 34.3 Å². The predicted molar refractivity (Wildman–Crippen MR) is 124 cm³/mol. The molecule has 154 valence electrons. The second-order valence-electron chi connectivity index (χ2n) is 6.23. The summed E-state index contributed by atoms with van der Waals surface area (Å²) >= 11 is 0. The summed E-state index contributed by atoms with van der Waals surface area (Å²) in [5, 5.41) is 15.0. The van der Waals surface area contributed by atoms with Crippen molar-refractivity contribution in [2.24, 2.45) is 12.0 Å². The number of nitrogens with one attached hydrogen (secondary N) is 2. The van der Waals surface area contributed by atoms with Gasteiger partial charge in [-0.05, 0) is 19.4 Å². The summed E-state index contributed by atoms with van der Waals surface area (Å²) in [6, 6.07) is 7.93. The van der Waals surface area contributed by atoms with Crippen LogP contribution in [0.15, 0.2) is 41.9 Å². The molecule has 0 atom stereocenters. The zero-order valence-corrected chi connectivity index (χ0v) is 19.3. The number of aryl methyl sites for hydroxylation is 1. The van der Waals surface area contributed by atoms with Crippen molar-refractivity contribution in [2.45, 2.75) is 39.8 Å². The minimum Gasteiger partial charge on any atom is -0.489 e. The number of guanidine groups is 1. The van der Waals surface area contributed by atoms with Crippen LogP contribution < -0.4 is 15.4 Å². The lowest BCUT2D eigenvalue weighted by Gasteiger charge is -2.13. The summed E-state index contributed by atoms with van der Waals surface area (Å²) < 4.78 is 7.68. The van der Waals surface area contributed by atoms with E-state index in [0.29, 0.717) is 19.7 Å². The first-order valence-electron chi connectivity index (χ1n) is 9.34. The maximum atomic E-state index is 5.72. The van der Waals surface area contributed by atoms with Crippen LogP contribution in [-0.4, -0.2) is 33.9 Å². The number of aromatic nitrogens is 3. The Balaban J connectivity index is 0.00000392. The van der Waals surface area contributed by atoms with E-state index >= 15 is 0 Å². The second-order valence-corrected chi connectivity index (χ2v) is 6.23. The second kappa shape index (κ2) is 13.1. The number of aliphatic imine (C=N–C) groups is 1. The first-order valence-corrected chi connectivity index (χ1v) is 9.34. The molecule has 1 aromatic carbocycles. The quantitative estimate of drug-likeness (QED) is 0.173. The van der Waals surface area contributed by atoms with Crippen molar-refractivity contribution in [2.75, 3.05) is 13.2 Å². The molecule has 0 aliphatic rings. The molecule has 0 bridgehead atoms. The third kappa shape index (κ3) is 7.49. The highest BCUT2D eigenvalue weighted by molar-refractivity contribution is 14.0. The number of unbranched alkanes of at least 4 members (excludes halogenated alkanes) is 1. The van der Waals surface area contributed by atoms with Gasteiger partial charge >= 0.3 is 0 Å². The molecule has 2 rings (SSSR count). The van der Waals surface area contributed by atoms with Crippen molar-refractivity contribution >= 4 is 29.9 Å². The highest BCUT2D eigenvalue weighted by Crippen LogP contribution is 2.18. The normalized spacial score (nSPS) is 10.9. The smallest absolute Gasteiger partial charge is 0.191 e. The number of rotatable bonds is 10. The Morgan fingerprint density at radius 1 is 1.29 bits per heavy atom. The van der Waals surface area contributed by atoms with Crippen LogP contribution in [0.2, 0.25) is 0 Å². The Hall–Kier alpha value is -2.10. The molecule has 0 radical (unpaired) electrons. The maximum absolute atomic E-state index is 5.72. The van der Waals surface area contributed by atoms with Crippen LogP contribution in [0.1, 0.15) is 37.0 Å². The van der Waals surface area contributed by atoms with Crippen molar-refractivity contribution in [3.63, 3.8) is 0 Å². The Kier molecular flexibility index (Phi) is 11.2. The van der Waals surface area contributed by atoms with Crippen molar-refractivity contribution in [1.29, 1.82) is 0 Å². The zero-order valence-electron chi connectivity index (χ0n) is 16.9. The standard InChI is InChI=1S/C20H30N6O.HI/c1-5-7-12-21-20(23-15-19-25-24-16(3)26(19)4)22-14-17-10-8-9-11-18(17)27-13-6-2;/h6,8-11H,2,5,7,12-15H2,1,3-4H3,(H2,21,22,23);1H. The summed E-state index contributed by atoms with van der Waals surface area (Å²) in [4.78, 5) is 4.72. The number of hydrogen-bond acceptors (Lipinski definition) is 4. The van der Waals surface area contributed by atoms with Gasteiger partial charge in [-0.1, -0.05) is 44.2 Å². The van der Waals surface area contributed by atoms with Gasteiger partial charge in [-0.2, -0.15) is 0 Å². The van der Waals surface area contributed by atoms with Gasteiger partial charge in [0.15, 0.2) is 11.8 Å². The van der Waals surface area contributed by atoms with E-state index in [1.54, 1.807) is 6.08 Å². The van der Waals surface area contributed by atoms with Gasteiger partial charge in [-0.25, -0.2) is 4.99 Å². The summed E-state index contributed by atoms with van der Waals surface area (Å²) in [5.41, 5.74) is 1.03. The van der Waals surface area contributed by atoms with E-state index in [1.165, 1.54) is 0 Å². The molecule has 0 aliphatic heterocycles. The summed E-state index contributed by atoms with van der Waals surface area (Å²) in [6.07, 6.45) is 3.95. The highest BCUT2D eigenvalue weighted by atomic mass is 127. The van der Waals surface area contributed by atoms with Crippen LogP contribution in [0.25, 0.3) is 0 Å². The van der Waals surface area contributed by atoms with E-state index in [0.717, 1.165) is 48.3 Å². The molecular formula is C20H31IN6O. The molecule has 0 aliphatic carbocycles. The van der Waals surface area contributed by atoms with Crippen LogP contribution in [-0.2, 0) is 20.1 Å². The molecular weight excluding hydrogens is 467 g/mol. The van der Waals surface area contributed by atoms with Crippen LogP contribution in [0.4, 0.5) is 0 Å². The number of para-hydroxylation sites is 1. The van der Waals surface area contributed by atoms with E-state index in [9.17, 15) is 0 Å². The summed E-state index contributed by atoms with van der Waals surface area (Å²) in [7, 11) is 1.96. The van der Waals surface area contributed by atoms with Crippen LogP contribution in [0.3, 0.4) is 0 Å². The highest BCUT2D eigenvalue weighted by Gasteiger charge is 2.07. The lowest BCUT2D eigenvalue weighted by atomic mass is 10.2. The molecule has 2 N–H and O–H groups in total. The van der Waals surface area contributed by atoms with Crippen molar-refractivity contribution in [3.8, 4) is 5.75 Å². The molecule has 8 heteroatoms. The zero-order chi connectivity index (χ0) is 19.5. The van der Waals surface area contributed by atoms with Crippen molar-refractivity contribution in [1.82, 2.24) is 25.4 Å². The molecule has 0 spiro atoms. The fourth-order valence-electron chi connectivity index (χ4n) is 2.41. The molecule has 28 heavy (non-hydrogen) atoms. The lowest BCUT2D eigenvalue weighted by molar-refractivity contribution is 0.359. The first kappa shape index (κ1) is 23.9. The SMILES string of the molecule is C=CCOc1ccccc1CN=C(NCCCC)NCc1nnc(C)n1C.I. The number of ether oxygens (including phenoxy) is 1. The minimum atomic E-state index is 0. The van der Waals surface area contributed by atoms with Gasteiger partial charge in [0.25, 0.3) is 0 Å². The Bertz CT molecular complexity index is 759. The number of halogens is 1. The lowest BCUT2D eigenvalue weighted by Crippen LogP contribution is -2.38. The molecule has 7 nitrogen and oxygen atoms in total. The fraction of sp³-hybridized carbons (Fsp3) is 0.450. The maximum Gasteiger partial charge on any atom is 0.191 e. The van der Waals surface area contributed by atoms with Gasteiger partial charge in [0, 0.05) is 19.2 Å². The third-order valence-corrected chi connectivity index (χ3v) is 4.16. The van der Waals surface area contributed by atoms with Crippen LogP contribution in [0.5, 0.6) is 5.75 Å². The molecule has 2 aromatic rings. The van der Waals surface area contributed by atoms with Gasteiger partial charge in [-0.3, -0.25) is 0 Å². The van der Waals surface area contributed by atoms with Gasteiger partial charge < -0.3 is 19.9 Å². The fourth-order valence-corrected chi connectivity index (χ4v) is 2.41. The Labute approximate surface area is 184 Å². The topological polar surface area (TPSA) is 76.4 Å². The first-order chi connectivity index (χ1) is 13.2. The van der Waals surface area contributed by atoms with Gasteiger partial charge in [0.2, 0.25) is 0 Å². The largest absolute Gasteiger partial charge is 0.489 e. The Morgan fingerprint density at radius 2 is 2.07 bits per heavy atom. The molecule has 0 saturated carbocycles.